The number of hydrogen-bond donors (Lipinski definition) is 0. The van der Waals surface area contributed by atoms with Crippen LogP contribution in [0.25, 0.3) is 33.8 Å². The van der Waals surface area contributed by atoms with Crippen molar-refractivity contribution >= 4 is 0 Å². The van der Waals surface area contributed by atoms with Gasteiger partial charge in [-0.1, -0.05) is 68.3 Å². The van der Waals surface area contributed by atoms with Gasteiger partial charge in [-0.25, -0.2) is 4.42 Å². The fourth-order valence-corrected chi connectivity index (χ4v) is 3.50. The highest BCUT2D eigenvalue weighted by Crippen LogP contribution is 2.36. The Morgan fingerprint density at radius 2 is 1.30 bits per heavy atom. The first-order chi connectivity index (χ1) is 14.8. The lowest BCUT2D eigenvalue weighted by Gasteiger charge is -2.07. The minimum Gasteiger partial charge on any atom is -0.494 e. The van der Waals surface area contributed by atoms with E-state index in [0.29, 0.717) is 0 Å². The topological polar surface area (TPSA) is 20.5 Å². The Bertz CT molecular complexity index is 1050. The van der Waals surface area contributed by atoms with Crippen LogP contribution in [0.3, 0.4) is 0 Å². The summed E-state index contributed by atoms with van der Waals surface area (Å²) in [7, 11) is 0. The Labute approximate surface area is 178 Å². The highest BCUT2D eigenvalue weighted by Gasteiger charge is 2.23. The lowest BCUT2D eigenvalue weighted by molar-refractivity contribution is 0.306. The van der Waals surface area contributed by atoms with Crippen LogP contribution in [0, 0.1) is 0 Å². The molecule has 0 saturated carbocycles. The van der Waals surface area contributed by atoms with Crippen LogP contribution in [0.2, 0.25) is 0 Å². The molecule has 1 heterocycles. The third kappa shape index (κ3) is 4.77. The maximum Gasteiger partial charge on any atom is 0.368 e. The van der Waals surface area contributed by atoms with E-state index in [4.69, 9.17) is 9.15 Å². The minimum atomic E-state index is 0.767. The average molecular weight is 396 g/mol. The molecule has 0 aliphatic heterocycles. The smallest absolute Gasteiger partial charge is 0.368 e. The molecule has 0 aliphatic carbocycles. The molecule has 30 heavy (non-hydrogen) atoms. The molecule has 1 aromatic heterocycles. The summed E-state index contributed by atoms with van der Waals surface area (Å²) in [5.74, 6) is 2.64. The summed E-state index contributed by atoms with van der Waals surface area (Å²) in [5, 5.41) is 0. The van der Waals surface area contributed by atoms with E-state index >= 15 is 0 Å². The SMILES string of the molecule is CCCCCOc1ccc(-c2ccc(-c3ccccc3)[o+]c2-c2ccccc2)cc1. The van der Waals surface area contributed by atoms with Crippen molar-refractivity contribution in [3.05, 3.63) is 97.1 Å². The van der Waals surface area contributed by atoms with Crippen molar-refractivity contribution in [2.75, 3.05) is 6.61 Å². The van der Waals surface area contributed by atoms with Crippen LogP contribution in [-0.4, -0.2) is 6.61 Å². The Hall–Kier alpha value is -3.39. The lowest BCUT2D eigenvalue weighted by atomic mass is 9.99. The number of benzene rings is 3. The molecule has 3 aromatic carbocycles. The van der Waals surface area contributed by atoms with E-state index in [1.165, 1.54) is 12.8 Å². The summed E-state index contributed by atoms with van der Waals surface area (Å²) in [6.07, 6.45) is 3.50. The van der Waals surface area contributed by atoms with E-state index in [2.05, 4.69) is 49.4 Å². The number of ether oxygens (including phenoxy) is 1. The molecule has 0 radical (unpaired) electrons. The van der Waals surface area contributed by atoms with E-state index in [1.54, 1.807) is 0 Å². The van der Waals surface area contributed by atoms with E-state index in [-0.39, 0.29) is 0 Å². The fraction of sp³-hybridized carbons (Fsp3) is 0.179. The number of hydrogen-bond acceptors (Lipinski definition) is 1. The largest absolute Gasteiger partial charge is 0.494 e. The molecule has 0 amide bonds. The molecule has 0 aliphatic rings. The van der Waals surface area contributed by atoms with E-state index < -0.39 is 0 Å². The summed E-state index contributed by atoms with van der Waals surface area (Å²) in [6.45, 7) is 2.97. The zero-order valence-electron chi connectivity index (χ0n) is 17.4. The van der Waals surface area contributed by atoms with E-state index in [0.717, 1.165) is 52.6 Å². The average Bonchev–Trinajstić information content (AvgIpc) is 2.83. The molecule has 0 saturated heterocycles. The van der Waals surface area contributed by atoms with Crippen molar-refractivity contribution in [1.82, 2.24) is 0 Å². The molecule has 4 aromatic rings. The van der Waals surface area contributed by atoms with Gasteiger partial charge < -0.3 is 4.74 Å². The second-order valence-corrected chi connectivity index (χ2v) is 7.35. The molecule has 150 valence electrons. The van der Waals surface area contributed by atoms with Gasteiger partial charge in [-0.2, -0.15) is 0 Å². The number of unbranched alkanes of at least 4 members (excludes halogenated alkanes) is 2. The first-order valence-electron chi connectivity index (χ1n) is 10.7. The monoisotopic (exact) mass is 395 g/mol. The molecular weight excluding hydrogens is 368 g/mol. The van der Waals surface area contributed by atoms with Gasteiger partial charge in [-0.3, -0.25) is 0 Å². The predicted octanol–water partition coefficient (Wildman–Crippen LogP) is 8.13. The van der Waals surface area contributed by atoms with Crippen LogP contribution in [0.15, 0.2) is 101 Å². The van der Waals surface area contributed by atoms with Crippen LogP contribution in [0.1, 0.15) is 26.2 Å². The van der Waals surface area contributed by atoms with Crippen LogP contribution in [0.5, 0.6) is 5.75 Å². The van der Waals surface area contributed by atoms with Gasteiger partial charge in [0, 0.05) is 6.07 Å². The van der Waals surface area contributed by atoms with Crippen molar-refractivity contribution in [3.63, 3.8) is 0 Å². The van der Waals surface area contributed by atoms with Gasteiger partial charge in [0.15, 0.2) is 0 Å². The molecule has 4 rings (SSSR count). The van der Waals surface area contributed by atoms with Crippen molar-refractivity contribution in [1.29, 1.82) is 0 Å². The van der Waals surface area contributed by atoms with Crippen molar-refractivity contribution in [2.24, 2.45) is 0 Å². The molecule has 0 unspecified atom stereocenters. The second kappa shape index (κ2) is 9.89. The van der Waals surface area contributed by atoms with Gasteiger partial charge in [0.1, 0.15) is 5.75 Å². The molecule has 0 N–H and O–H groups in total. The zero-order chi connectivity index (χ0) is 20.6. The second-order valence-electron chi connectivity index (χ2n) is 7.35. The summed E-state index contributed by atoms with van der Waals surface area (Å²) in [5.41, 5.74) is 4.30. The van der Waals surface area contributed by atoms with Gasteiger partial charge >= 0.3 is 11.5 Å². The molecule has 0 spiro atoms. The Morgan fingerprint density at radius 3 is 1.97 bits per heavy atom. The summed E-state index contributed by atoms with van der Waals surface area (Å²) in [4.78, 5) is 0. The zero-order valence-corrected chi connectivity index (χ0v) is 17.4. The van der Waals surface area contributed by atoms with Gasteiger partial charge in [0.2, 0.25) is 0 Å². The molecule has 0 bridgehead atoms. The van der Waals surface area contributed by atoms with Crippen molar-refractivity contribution in [2.45, 2.75) is 26.2 Å². The minimum absolute atomic E-state index is 0.767. The van der Waals surface area contributed by atoms with Gasteiger partial charge in [0.05, 0.1) is 23.3 Å². The normalized spacial score (nSPS) is 10.7. The predicted molar refractivity (Wildman–Crippen MR) is 124 cm³/mol. The molecule has 2 heteroatoms. The van der Waals surface area contributed by atoms with Crippen LogP contribution in [0.4, 0.5) is 0 Å². The van der Waals surface area contributed by atoms with E-state index in [1.807, 2.05) is 54.6 Å². The van der Waals surface area contributed by atoms with Gasteiger partial charge in [-0.15, -0.1) is 0 Å². The third-order valence-corrected chi connectivity index (χ3v) is 5.13. The fourth-order valence-electron chi connectivity index (χ4n) is 3.50. The van der Waals surface area contributed by atoms with Gasteiger partial charge in [0.25, 0.3) is 0 Å². The maximum atomic E-state index is 6.43. The Balaban J connectivity index is 1.67. The highest BCUT2D eigenvalue weighted by atomic mass is 16.5. The van der Waals surface area contributed by atoms with Crippen LogP contribution < -0.4 is 4.74 Å². The standard InChI is InChI=1S/C28H27O2/c1-2-3-10-21-29-25-17-15-22(16-18-25)26-19-20-27(23-11-6-4-7-12-23)30-28(26)24-13-8-5-9-14-24/h4-9,11-20H,2-3,10,21H2,1H3/q+1. The Morgan fingerprint density at radius 1 is 0.633 bits per heavy atom. The first-order valence-corrected chi connectivity index (χ1v) is 10.7. The molecular formula is C28H27O2+. The van der Waals surface area contributed by atoms with E-state index in [9.17, 15) is 0 Å². The summed E-state index contributed by atoms with van der Waals surface area (Å²) >= 11 is 0. The first kappa shape index (κ1) is 19.9. The maximum absolute atomic E-state index is 6.43. The molecule has 0 atom stereocenters. The van der Waals surface area contributed by atoms with Crippen molar-refractivity contribution in [3.8, 4) is 39.5 Å². The Kier molecular flexibility index (Phi) is 6.56. The number of rotatable bonds is 8. The van der Waals surface area contributed by atoms with Crippen LogP contribution >= 0.6 is 0 Å². The van der Waals surface area contributed by atoms with Gasteiger partial charge in [-0.05, 0) is 54.4 Å². The molecule has 0 fully saturated rings. The highest BCUT2D eigenvalue weighted by molar-refractivity contribution is 5.81. The third-order valence-electron chi connectivity index (χ3n) is 5.13. The lowest BCUT2D eigenvalue weighted by Crippen LogP contribution is -1.96. The van der Waals surface area contributed by atoms with Crippen molar-refractivity contribution < 1.29 is 9.15 Å². The quantitative estimate of drug-likeness (QED) is 0.222. The summed E-state index contributed by atoms with van der Waals surface area (Å²) < 4.78 is 12.3. The van der Waals surface area contributed by atoms with Crippen LogP contribution in [-0.2, 0) is 0 Å². The molecule has 2 nitrogen and oxygen atoms in total. The summed E-state index contributed by atoms with van der Waals surface area (Å²) in [6, 6.07) is 33.0.